The van der Waals surface area contributed by atoms with Gasteiger partial charge in [0, 0.05) is 34.5 Å². The average Bonchev–Trinajstić information content (AvgIpc) is 3.04. The molecule has 1 aliphatic heterocycles. The van der Waals surface area contributed by atoms with Crippen molar-refractivity contribution >= 4 is 34.5 Å². The van der Waals surface area contributed by atoms with Gasteiger partial charge in [-0.3, -0.25) is 14.9 Å². The number of piperidine rings is 1. The van der Waals surface area contributed by atoms with Gasteiger partial charge in [-0.25, -0.2) is 4.79 Å². The molecule has 28 heavy (non-hydrogen) atoms. The second-order valence-electron chi connectivity index (χ2n) is 6.83. The summed E-state index contributed by atoms with van der Waals surface area (Å²) < 4.78 is 5.11. The van der Waals surface area contributed by atoms with Gasteiger partial charge in [-0.15, -0.1) is 11.3 Å². The fraction of sp³-hybridized carbons (Fsp3) is 0.400. The van der Waals surface area contributed by atoms with Gasteiger partial charge in [-0.2, -0.15) is 0 Å². The molecule has 1 aromatic heterocycles. The van der Waals surface area contributed by atoms with E-state index in [0.29, 0.717) is 11.3 Å². The molecule has 1 aliphatic rings. The molecule has 0 bridgehead atoms. The van der Waals surface area contributed by atoms with Gasteiger partial charge in [-0.05, 0) is 51.3 Å². The molecule has 0 N–H and O–H groups in total. The predicted molar refractivity (Wildman–Crippen MR) is 108 cm³/mol. The van der Waals surface area contributed by atoms with Crippen molar-refractivity contribution in [1.29, 1.82) is 0 Å². The number of nitrogens with zero attached hydrogens (tertiary/aromatic N) is 2. The van der Waals surface area contributed by atoms with Crippen molar-refractivity contribution in [2.24, 2.45) is 0 Å². The lowest BCUT2D eigenvalue weighted by molar-refractivity contribution is -0.384. The number of carbonyl (C=O) groups is 2. The predicted octanol–water partition coefficient (Wildman–Crippen LogP) is 4.30. The van der Waals surface area contributed by atoms with Crippen LogP contribution >= 0.6 is 11.3 Å². The van der Waals surface area contributed by atoms with Gasteiger partial charge in [0.15, 0.2) is 6.61 Å². The summed E-state index contributed by atoms with van der Waals surface area (Å²) in [5, 5.41) is 11.5. The zero-order valence-corrected chi connectivity index (χ0v) is 16.7. The number of nitro groups is 1. The first-order valence-electron chi connectivity index (χ1n) is 9.17. The summed E-state index contributed by atoms with van der Waals surface area (Å²) in [7, 11) is 0. The van der Waals surface area contributed by atoms with Crippen molar-refractivity contribution in [2.45, 2.75) is 33.1 Å². The molecular weight excluding hydrogens is 380 g/mol. The highest BCUT2D eigenvalue weighted by Gasteiger charge is 2.24. The SMILES string of the molecule is Cc1cc(C(=O)COC(=O)c2ccc(N3CCCCC3)c([N+](=O)[O-])c2)c(C)s1. The maximum atomic E-state index is 12.3. The minimum atomic E-state index is -0.744. The molecule has 0 spiro atoms. The Kier molecular flexibility index (Phi) is 6.08. The Labute approximate surface area is 167 Å². The van der Waals surface area contributed by atoms with Crippen LogP contribution in [-0.4, -0.2) is 36.4 Å². The summed E-state index contributed by atoms with van der Waals surface area (Å²) in [5.74, 6) is -1.03. The molecule has 2 heterocycles. The molecule has 0 atom stereocenters. The van der Waals surface area contributed by atoms with Gasteiger partial charge in [-0.1, -0.05) is 0 Å². The Morgan fingerprint density at radius 1 is 1.18 bits per heavy atom. The number of hydrogen-bond acceptors (Lipinski definition) is 7. The third kappa shape index (κ3) is 4.39. The van der Waals surface area contributed by atoms with E-state index in [0.717, 1.165) is 42.1 Å². The van der Waals surface area contributed by atoms with Crippen LogP contribution < -0.4 is 4.90 Å². The van der Waals surface area contributed by atoms with E-state index in [4.69, 9.17) is 4.74 Å². The number of nitro benzene ring substituents is 1. The minimum Gasteiger partial charge on any atom is -0.454 e. The Balaban J connectivity index is 1.72. The van der Waals surface area contributed by atoms with E-state index in [2.05, 4.69) is 0 Å². The summed E-state index contributed by atoms with van der Waals surface area (Å²) in [6.07, 6.45) is 3.10. The number of carbonyl (C=O) groups excluding carboxylic acids is 2. The first-order valence-corrected chi connectivity index (χ1v) is 9.99. The van der Waals surface area contributed by atoms with E-state index in [9.17, 15) is 19.7 Å². The van der Waals surface area contributed by atoms with Crippen LogP contribution in [0.2, 0.25) is 0 Å². The second kappa shape index (κ2) is 8.52. The molecule has 0 aliphatic carbocycles. The molecular formula is C20H22N2O5S. The van der Waals surface area contributed by atoms with Crippen LogP contribution in [0.4, 0.5) is 11.4 Å². The molecule has 2 aromatic rings. The van der Waals surface area contributed by atoms with Gasteiger partial charge in [0.1, 0.15) is 5.69 Å². The van der Waals surface area contributed by atoms with Crippen molar-refractivity contribution in [3.63, 3.8) is 0 Å². The van der Waals surface area contributed by atoms with Crippen LogP contribution in [0.15, 0.2) is 24.3 Å². The molecule has 0 saturated carbocycles. The van der Waals surface area contributed by atoms with Crippen LogP contribution in [0, 0.1) is 24.0 Å². The van der Waals surface area contributed by atoms with Gasteiger partial charge in [0.2, 0.25) is 5.78 Å². The smallest absolute Gasteiger partial charge is 0.338 e. The summed E-state index contributed by atoms with van der Waals surface area (Å²) in [6, 6.07) is 6.11. The maximum absolute atomic E-state index is 12.3. The van der Waals surface area contributed by atoms with E-state index in [1.807, 2.05) is 18.7 Å². The molecule has 148 valence electrons. The molecule has 8 heteroatoms. The number of Topliss-reactive ketones (excluding diaryl/α,β-unsaturated/α-hetero) is 1. The summed E-state index contributed by atoms with van der Waals surface area (Å²) in [6.45, 7) is 4.88. The van der Waals surface area contributed by atoms with E-state index < -0.39 is 17.5 Å². The van der Waals surface area contributed by atoms with E-state index in [-0.39, 0.29) is 17.0 Å². The fourth-order valence-corrected chi connectivity index (χ4v) is 4.34. The quantitative estimate of drug-likeness (QED) is 0.310. The number of benzene rings is 1. The van der Waals surface area contributed by atoms with Crippen molar-refractivity contribution < 1.29 is 19.2 Å². The Morgan fingerprint density at radius 2 is 1.89 bits per heavy atom. The van der Waals surface area contributed by atoms with Crippen molar-refractivity contribution in [3.05, 3.63) is 55.3 Å². The van der Waals surface area contributed by atoms with Crippen LogP contribution in [0.25, 0.3) is 0 Å². The Hall–Kier alpha value is -2.74. The van der Waals surface area contributed by atoms with Crippen LogP contribution in [-0.2, 0) is 4.74 Å². The molecule has 0 amide bonds. The number of ketones is 1. The largest absolute Gasteiger partial charge is 0.454 e. The summed E-state index contributed by atoms with van der Waals surface area (Å²) in [4.78, 5) is 39.5. The Bertz CT molecular complexity index is 915. The second-order valence-corrected chi connectivity index (χ2v) is 8.29. The number of ether oxygens (including phenoxy) is 1. The summed E-state index contributed by atoms with van der Waals surface area (Å²) in [5.41, 5.74) is 1.01. The van der Waals surface area contributed by atoms with Crippen molar-refractivity contribution in [1.82, 2.24) is 0 Å². The van der Waals surface area contributed by atoms with E-state index in [1.165, 1.54) is 23.5 Å². The van der Waals surface area contributed by atoms with Crippen molar-refractivity contribution in [3.8, 4) is 0 Å². The Morgan fingerprint density at radius 3 is 2.50 bits per heavy atom. The zero-order chi connectivity index (χ0) is 20.3. The highest BCUT2D eigenvalue weighted by Crippen LogP contribution is 2.31. The summed E-state index contributed by atoms with van der Waals surface area (Å²) >= 11 is 1.51. The zero-order valence-electron chi connectivity index (χ0n) is 15.9. The average molecular weight is 402 g/mol. The van der Waals surface area contributed by atoms with Gasteiger partial charge < -0.3 is 9.64 Å². The van der Waals surface area contributed by atoms with Crippen molar-refractivity contribution in [2.75, 3.05) is 24.6 Å². The van der Waals surface area contributed by atoms with Gasteiger partial charge >= 0.3 is 5.97 Å². The van der Waals surface area contributed by atoms with Gasteiger partial charge in [0.05, 0.1) is 10.5 Å². The number of aryl methyl sites for hydroxylation is 2. The molecule has 0 radical (unpaired) electrons. The molecule has 0 unspecified atom stereocenters. The minimum absolute atomic E-state index is 0.0680. The first kappa shape index (κ1) is 20.0. The maximum Gasteiger partial charge on any atom is 0.338 e. The molecule has 1 saturated heterocycles. The van der Waals surface area contributed by atoms with Crippen LogP contribution in [0.1, 0.15) is 49.7 Å². The third-order valence-corrected chi connectivity index (χ3v) is 5.75. The lowest BCUT2D eigenvalue weighted by Gasteiger charge is -2.28. The number of anilines is 1. The highest BCUT2D eigenvalue weighted by molar-refractivity contribution is 7.12. The number of esters is 1. The fourth-order valence-electron chi connectivity index (χ4n) is 3.40. The number of thiophene rings is 1. The molecule has 1 aromatic carbocycles. The van der Waals surface area contributed by atoms with Crippen LogP contribution in [0.5, 0.6) is 0 Å². The lowest BCUT2D eigenvalue weighted by atomic mass is 10.1. The van der Waals surface area contributed by atoms with Crippen LogP contribution in [0.3, 0.4) is 0 Å². The molecule has 7 nitrogen and oxygen atoms in total. The third-order valence-electron chi connectivity index (χ3n) is 4.78. The molecule has 3 rings (SSSR count). The highest BCUT2D eigenvalue weighted by atomic mass is 32.1. The lowest BCUT2D eigenvalue weighted by Crippen LogP contribution is -2.30. The number of hydrogen-bond donors (Lipinski definition) is 0. The monoisotopic (exact) mass is 402 g/mol. The van der Waals surface area contributed by atoms with E-state index in [1.54, 1.807) is 12.1 Å². The molecule has 1 fully saturated rings. The number of rotatable bonds is 6. The topological polar surface area (TPSA) is 89.8 Å². The van der Waals surface area contributed by atoms with Gasteiger partial charge in [0.25, 0.3) is 5.69 Å². The first-order chi connectivity index (χ1) is 13.4. The van der Waals surface area contributed by atoms with E-state index >= 15 is 0 Å². The normalized spacial score (nSPS) is 14.0. The standard InChI is InChI=1S/C20H22N2O5S/c1-13-10-16(14(2)28-13)19(23)12-27-20(24)15-6-7-17(18(11-15)22(25)26)21-8-4-3-5-9-21/h6-7,10-11H,3-5,8-9,12H2,1-2H3.